The lowest BCUT2D eigenvalue weighted by Gasteiger charge is -2.32. The van der Waals surface area contributed by atoms with Gasteiger partial charge in [-0.15, -0.1) is 0 Å². The van der Waals surface area contributed by atoms with E-state index in [4.69, 9.17) is 0 Å². The zero-order valence-corrected chi connectivity index (χ0v) is 16.3. The van der Waals surface area contributed by atoms with Gasteiger partial charge in [-0.2, -0.15) is 0 Å². The normalized spacial score (nSPS) is 18.0. The fourth-order valence-corrected chi connectivity index (χ4v) is 4.01. The van der Waals surface area contributed by atoms with E-state index in [0.717, 1.165) is 23.2 Å². The molecular formula is C23H23N3O3. The minimum Gasteiger partial charge on any atom is -0.324 e. The predicted molar refractivity (Wildman–Crippen MR) is 112 cm³/mol. The van der Waals surface area contributed by atoms with Crippen LogP contribution in [-0.2, 0) is 14.4 Å². The van der Waals surface area contributed by atoms with E-state index in [-0.39, 0.29) is 30.2 Å². The van der Waals surface area contributed by atoms with Crippen LogP contribution in [-0.4, -0.2) is 29.2 Å². The molecule has 0 aromatic heterocycles. The summed E-state index contributed by atoms with van der Waals surface area (Å²) in [7, 11) is 0. The lowest BCUT2D eigenvalue weighted by molar-refractivity contribution is -0.129. The van der Waals surface area contributed by atoms with Crippen LogP contribution in [0.3, 0.4) is 0 Å². The Bertz CT molecular complexity index is 998. The highest BCUT2D eigenvalue weighted by molar-refractivity contribution is 6.02. The Morgan fingerprint density at radius 3 is 2.62 bits per heavy atom. The van der Waals surface area contributed by atoms with Crippen molar-refractivity contribution in [2.75, 3.05) is 16.8 Å². The average molecular weight is 389 g/mol. The molecule has 6 nitrogen and oxygen atoms in total. The predicted octanol–water partition coefficient (Wildman–Crippen LogP) is 3.72. The molecule has 0 spiro atoms. The Hall–Kier alpha value is -3.41. The maximum atomic E-state index is 12.9. The van der Waals surface area contributed by atoms with E-state index in [1.165, 1.54) is 6.92 Å². The maximum absolute atomic E-state index is 12.9. The number of nitrogens with zero attached hydrogens (tertiary/aromatic N) is 2. The van der Waals surface area contributed by atoms with E-state index in [9.17, 15) is 14.4 Å². The highest BCUT2D eigenvalue weighted by atomic mass is 16.2. The molecule has 3 amide bonds. The van der Waals surface area contributed by atoms with Gasteiger partial charge in [-0.1, -0.05) is 36.4 Å². The first-order valence-electron chi connectivity index (χ1n) is 9.80. The molecule has 2 aromatic rings. The topological polar surface area (TPSA) is 69.7 Å². The molecule has 1 saturated heterocycles. The first kappa shape index (κ1) is 18.9. The molecule has 148 valence electrons. The van der Waals surface area contributed by atoms with E-state index in [2.05, 4.69) is 5.32 Å². The summed E-state index contributed by atoms with van der Waals surface area (Å²) in [5.41, 5.74) is 3.28. The fourth-order valence-electron chi connectivity index (χ4n) is 4.01. The third-order valence-electron chi connectivity index (χ3n) is 5.39. The average Bonchev–Trinajstić information content (AvgIpc) is 3.14. The van der Waals surface area contributed by atoms with Crippen LogP contribution in [0.25, 0.3) is 6.08 Å². The molecule has 0 bridgehead atoms. The van der Waals surface area contributed by atoms with Gasteiger partial charge in [-0.3, -0.25) is 14.4 Å². The molecule has 2 heterocycles. The Morgan fingerprint density at radius 2 is 1.86 bits per heavy atom. The molecule has 1 atom stereocenters. The van der Waals surface area contributed by atoms with Crippen LogP contribution in [0.2, 0.25) is 0 Å². The van der Waals surface area contributed by atoms with Gasteiger partial charge in [0.05, 0.1) is 23.8 Å². The first-order valence-corrected chi connectivity index (χ1v) is 9.80. The number of hydrogen-bond donors (Lipinski definition) is 1. The van der Waals surface area contributed by atoms with Gasteiger partial charge in [0.15, 0.2) is 0 Å². The van der Waals surface area contributed by atoms with Gasteiger partial charge in [-0.05, 0) is 35.8 Å². The summed E-state index contributed by atoms with van der Waals surface area (Å²) in [4.78, 5) is 40.5. The minimum atomic E-state index is -0.366. The second-order valence-electron chi connectivity index (χ2n) is 7.31. The summed E-state index contributed by atoms with van der Waals surface area (Å²) in [6.45, 7) is 2.15. The monoisotopic (exact) mass is 389 g/mol. The zero-order chi connectivity index (χ0) is 20.4. The smallest absolute Gasteiger partial charge is 0.227 e. The van der Waals surface area contributed by atoms with Crippen LogP contribution >= 0.6 is 0 Å². The van der Waals surface area contributed by atoms with Crippen LogP contribution in [0.4, 0.5) is 11.4 Å². The van der Waals surface area contributed by atoms with Crippen LogP contribution in [0, 0.1) is 0 Å². The van der Waals surface area contributed by atoms with Crippen molar-refractivity contribution in [1.82, 2.24) is 4.90 Å². The van der Waals surface area contributed by atoms with Crippen molar-refractivity contribution >= 4 is 35.2 Å². The van der Waals surface area contributed by atoms with Crippen molar-refractivity contribution in [3.63, 3.8) is 0 Å². The number of hydrogen-bond acceptors (Lipinski definition) is 3. The highest BCUT2D eigenvalue weighted by Gasteiger charge is 2.29. The third-order valence-corrected chi connectivity index (χ3v) is 5.39. The molecule has 1 N–H and O–H groups in total. The number of amides is 3. The number of anilines is 2. The molecule has 2 aliphatic rings. The van der Waals surface area contributed by atoms with Crippen LogP contribution in [0.5, 0.6) is 0 Å². The first-order chi connectivity index (χ1) is 14.0. The third kappa shape index (κ3) is 3.78. The maximum Gasteiger partial charge on any atom is 0.227 e. The van der Waals surface area contributed by atoms with Gasteiger partial charge in [0.2, 0.25) is 17.7 Å². The minimum absolute atomic E-state index is 0.0702. The number of benzene rings is 2. The van der Waals surface area contributed by atoms with Crippen molar-refractivity contribution < 1.29 is 14.4 Å². The van der Waals surface area contributed by atoms with E-state index >= 15 is 0 Å². The molecule has 4 rings (SSSR count). The summed E-state index contributed by atoms with van der Waals surface area (Å²) in [6.07, 6.45) is 5.10. The lowest BCUT2D eigenvalue weighted by Crippen LogP contribution is -2.33. The van der Waals surface area contributed by atoms with Crippen LogP contribution in [0.15, 0.2) is 54.7 Å². The summed E-state index contributed by atoms with van der Waals surface area (Å²) in [6, 6.07) is 14.7. The van der Waals surface area contributed by atoms with E-state index in [1.807, 2.05) is 48.5 Å². The number of carbonyl (C=O) groups is 3. The van der Waals surface area contributed by atoms with Gasteiger partial charge in [0.25, 0.3) is 0 Å². The SMILES string of the molecule is CC(=O)N1C=Cc2ccccc2[C@@H]1CC(=O)Nc1ccccc1N1CCCC1=O. The van der Waals surface area contributed by atoms with E-state index < -0.39 is 0 Å². The van der Waals surface area contributed by atoms with Gasteiger partial charge in [0.1, 0.15) is 0 Å². The Kier molecular flexibility index (Phi) is 5.16. The lowest BCUT2D eigenvalue weighted by atomic mass is 9.93. The van der Waals surface area contributed by atoms with Gasteiger partial charge in [-0.25, -0.2) is 0 Å². The molecule has 0 unspecified atom stereocenters. The van der Waals surface area contributed by atoms with Gasteiger partial charge >= 0.3 is 0 Å². The molecule has 0 saturated carbocycles. The zero-order valence-electron chi connectivity index (χ0n) is 16.3. The largest absolute Gasteiger partial charge is 0.324 e. The second kappa shape index (κ2) is 7.91. The Morgan fingerprint density at radius 1 is 1.10 bits per heavy atom. The molecule has 0 radical (unpaired) electrons. The van der Waals surface area contributed by atoms with E-state index in [0.29, 0.717) is 18.7 Å². The quantitative estimate of drug-likeness (QED) is 0.867. The molecule has 6 heteroatoms. The number of rotatable bonds is 4. The number of nitrogens with one attached hydrogen (secondary N) is 1. The summed E-state index contributed by atoms with van der Waals surface area (Å²) >= 11 is 0. The summed E-state index contributed by atoms with van der Waals surface area (Å²) in [5, 5.41) is 2.95. The van der Waals surface area contributed by atoms with E-state index in [1.54, 1.807) is 22.1 Å². The summed E-state index contributed by atoms with van der Waals surface area (Å²) < 4.78 is 0. The number of carbonyl (C=O) groups excluding carboxylic acids is 3. The van der Waals surface area contributed by atoms with Crippen LogP contribution in [0.1, 0.15) is 43.4 Å². The van der Waals surface area contributed by atoms with Crippen molar-refractivity contribution in [2.45, 2.75) is 32.2 Å². The van der Waals surface area contributed by atoms with Crippen molar-refractivity contribution in [3.8, 4) is 0 Å². The molecule has 0 aliphatic carbocycles. The molecule has 29 heavy (non-hydrogen) atoms. The number of fused-ring (bicyclic) bond motifs is 1. The van der Waals surface area contributed by atoms with Crippen molar-refractivity contribution in [3.05, 3.63) is 65.9 Å². The van der Waals surface area contributed by atoms with Crippen molar-refractivity contribution in [2.24, 2.45) is 0 Å². The van der Waals surface area contributed by atoms with Gasteiger partial charge in [0, 0.05) is 26.1 Å². The Labute approximate surface area is 169 Å². The summed E-state index contributed by atoms with van der Waals surface area (Å²) in [5.74, 6) is -0.247. The standard InChI is InChI=1S/C23H23N3O3/c1-16(27)25-14-12-17-7-2-3-8-18(17)21(25)15-22(28)24-19-9-4-5-10-20(19)26-13-6-11-23(26)29/h2-5,7-10,12,14,21H,6,11,13,15H2,1H3,(H,24,28)/t21-/m0/s1. The van der Waals surface area contributed by atoms with Crippen molar-refractivity contribution in [1.29, 1.82) is 0 Å². The molecule has 1 fully saturated rings. The number of para-hydroxylation sites is 2. The fraction of sp³-hybridized carbons (Fsp3) is 0.261. The highest BCUT2D eigenvalue weighted by Crippen LogP contribution is 2.34. The molecule has 2 aromatic carbocycles. The Balaban J connectivity index is 1.56. The second-order valence-corrected chi connectivity index (χ2v) is 7.31. The molecular weight excluding hydrogens is 366 g/mol. The molecule has 2 aliphatic heterocycles. The van der Waals surface area contributed by atoms with Gasteiger partial charge < -0.3 is 15.1 Å². The van der Waals surface area contributed by atoms with Crippen LogP contribution < -0.4 is 10.2 Å².